The van der Waals surface area contributed by atoms with Gasteiger partial charge in [0.2, 0.25) is 0 Å². The van der Waals surface area contributed by atoms with E-state index in [9.17, 15) is 14.7 Å². The molecule has 1 fully saturated rings. The zero-order valence-corrected chi connectivity index (χ0v) is 19.1. The maximum Gasteiger partial charge on any atom is 0.274 e. The van der Waals surface area contributed by atoms with E-state index in [4.69, 9.17) is 0 Å². The number of carbonyl (C=O) groups excluding carboxylic acids is 2. The van der Waals surface area contributed by atoms with Gasteiger partial charge in [-0.1, -0.05) is 6.07 Å². The molecule has 0 saturated heterocycles. The molecule has 4 rings (SSSR count). The average Bonchev–Trinajstić information content (AvgIpc) is 3.15. The minimum atomic E-state index is -1.17. The van der Waals surface area contributed by atoms with Crippen molar-refractivity contribution >= 4 is 28.3 Å². The normalized spacial score (nSPS) is 19.2. The third-order valence-electron chi connectivity index (χ3n) is 6.38. The third-order valence-corrected chi connectivity index (χ3v) is 6.38. The smallest absolute Gasteiger partial charge is 0.274 e. The summed E-state index contributed by atoms with van der Waals surface area (Å²) in [5, 5.41) is 19.3. The fourth-order valence-corrected chi connectivity index (χ4v) is 4.58. The molecule has 1 aromatic carbocycles. The van der Waals surface area contributed by atoms with Crippen LogP contribution in [0.25, 0.3) is 10.9 Å². The van der Waals surface area contributed by atoms with Crippen LogP contribution in [0.1, 0.15) is 74.2 Å². The van der Waals surface area contributed by atoms with Crippen LogP contribution in [0.15, 0.2) is 36.5 Å². The lowest BCUT2D eigenvalue weighted by Crippen LogP contribution is -2.23. The molecule has 7 heteroatoms. The van der Waals surface area contributed by atoms with Crippen molar-refractivity contribution in [2.24, 2.45) is 5.92 Å². The summed E-state index contributed by atoms with van der Waals surface area (Å²) in [6.07, 6.45) is 5.34. The van der Waals surface area contributed by atoms with Gasteiger partial charge in [0.05, 0.1) is 23.4 Å². The molecular formula is C25H30N4O3. The molecular weight excluding hydrogens is 404 g/mol. The van der Waals surface area contributed by atoms with Crippen molar-refractivity contribution in [2.45, 2.75) is 65.0 Å². The van der Waals surface area contributed by atoms with E-state index in [0.717, 1.165) is 42.3 Å². The molecule has 1 aliphatic rings. The zero-order chi connectivity index (χ0) is 23.0. The topological polar surface area (TPSA) is 97.1 Å². The van der Waals surface area contributed by atoms with Crippen molar-refractivity contribution in [1.29, 1.82) is 0 Å². The van der Waals surface area contributed by atoms with Crippen LogP contribution in [-0.4, -0.2) is 31.6 Å². The number of hydrogen-bond donors (Lipinski definition) is 2. The third kappa shape index (κ3) is 4.43. The largest absolute Gasteiger partial charge is 0.386 e. The van der Waals surface area contributed by atoms with Crippen molar-refractivity contribution in [2.75, 3.05) is 5.32 Å². The van der Waals surface area contributed by atoms with Gasteiger partial charge >= 0.3 is 0 Å². The van der Waals surface area contributed by atoms with E-state index >= 15 is 0 Å². The highest BCUT2D eigenvalue weighted by Crippen LogP contribution is 2.37. The van der Waals surface area contributed by atoms with Crippen LogP contribution in [0.2, 0.25) is 0 Å². The monoisotopic (exact) mass is 434 g/mol. The first kappa shape index (κ1) is 22.1. The molecule has 3 aromatic rings. The molecule has 2 heterocycles. The number of aliphatic hydroxyl groups is 1. The first-order valence-electron chi connectivity index (χ1n) is 11.1. The second-order valence-electron chi connectivity index (χ2n) is 9.34. The first-order chi connectivity index (χ1) is 15.1. The van der Waals surface area contributed by atoms with E-state index in [1.807, 2.05) is 29.8 Å². The van der Waals surface area contributed by atoms with Gasteiger partial charge in [-0.15, -0.1) is 0 Å². The predicted molar refractivity (Wildman–Crippen MR) is 124 cm³/mol. The first-order valence-corrected chi connectivity index (χ1v) is 11.1. The van der Waals surface area contributed by atoms with Crippen LogP contribution in [-0.2, 0) is 10.4 Å². The Kier molecular flexibility index (Phi) is 5.86. The second kappa shape index (κ2) is 8.47. The van der Waals surface area contributed by atoms with Gasteiger partial charge in [-0.2, -0.15) is 5.10 Å². The lowest BCUT2D eigenvalue weighted by atomic mass is 9.84. The molecule has 1 aliphatic carbocycles. The Morgan fingerprint density at radius 1 is 1.16 bits per heavy atom. The number of nitrogens with zero attached hydrogens (tertiary/aromatic N) is 3. The second-order valence-corrected chi connectivity index (χ2v) is 9.34. The summed E-state index contributed by atoms with van der Waals surface area (Å²) >= 11 is 0. The van der Waals surface area contributed by atoms with Crippen LogP contribution >= 0.6 is 0 Å². The Balaban J connectivity index is 1.68. The maximum absolute atomic E-state index is 12.8. The van der Waals surface area contributed by atoms with Gasteiger partial charge in [-0.3, -0.25) is 14.3 Å². The fraction of sp³-hybridized carbons (Fsp3) is 0.440. The number of benzene rings is 1. The Hall–Kier alpha value is -3.06. The average molecular weight is 435 g/mol. The van der Waals surface area contributed by atoms with Gasteiger partial charge in [0.15, 0.2) is 0 Å². The van der Waals surface area contributed by atoms with Gasteiger partial charge in [0.1, 0.15) is 11.5 Å². The number of rotatable bonds is 5. The number of nitrogens with one attached hydrogen (secondary N) is 1. The number of amides is 1. The minimum Gasteiger partial charge on any atom is -0.386 e. The summed E-state index contributed by atoms with van der Waals surface area (Å²) in [6, 6.07) is 9.29. The lowest BCUT2D eigenvalue weighted by Gasteiger charge is -2.28. The standard InChI is InChI=1S/C25H30N4O3/c1-15-6-5-7-21(27-15)24(31)28-22-12-18-14-26-29(23(18)13-20(22)25(3,4)32)19-10-8-17(9-11-19)16(2)30/h5-7,12-14,17,19,32H,8-11H2,1-4H3,(H,28,31)/t17-,19-. The number of aryl methyl sites for hydroxylation is 1. The van der Waals surface area contributed by atoms with Crippen molar-refractivity contribution in [3.63, 3.8) is 0 Å². The van der Waals surface area contributed by atoms with Crippen LogP contribution in [0, 0.1) is 12.8 Å². The molecule has 168 valence electrons. The summed E-state index contributed by atoms with van der Waals surface area (Å²) in [5.41, 5.74) is 1.99. The molecule has 1 saturated carbocycles. The Labute approximate surface area is 187 Å². The minimum absolute atomic E-state index is 0.150. The molecule has 0 bridgehead atoms. The number of aromatic nitrogens is 3. The number of hydrogen-bond acceptors (Lipinski definition) is 5. The molecule has 2 aromatic heterocycles. The molecule has 0 unspecified atom stereocenters. The SMILES string of the molecule is Cc1cccc(C(=O)Nc2cc3cnn([C@H]4CC[C@H](C(C)=O)CC4)c3cc2C(C)(C)O)n1. The van der Waals surface area contributed by atoms with Gasteiger partial charge < -0.3 is 10.4 Å². The van der Waals surface area contributed by atoms with Gasteiger partial charge in [-0.05, 0) is 77.6 Å². The highest BCUT2D eigenvalue weighted by Gasteiger charge is 2.28. The molecule has 7 nitrogen and oxygen atoms in total. The Morgan fingerprint density at radius 2 is 1.88 bits per heavy atom. The van der Waals surface area contributed by atoms with E-state index in [1.165, 1.54) is 0 Å². The van der Waals surface area contributed by atoms with E-state index in [0.29, 0.717) is 16.9 Å². The van der Waals surface area contributed by atoms with Crippen LogP contribution in [0.3, 0.4) is 0 Å². The van der Waals surface area contributed by atoms with E-state index in [1.54, 1.807) is 39.1 Å². The van der Waals surface area contributed by atoms with E-state index in [-0.39, 0.29) is 23.7 Å². The lowest BCUT2D eigenvalue weighted by molar-refractivity contribution is -0.121. The molecule has 0 spiro atoms. The Morgan fingerprint density at radius 3 is 2.50 bits per heavy atom. The zero-order valence-electron chi connectivity index (χ0n) is 19.1. The number of fused-ring (bicyclic) bond motifs is 1. The van der Waals surface area contributed by atoms with Crippen molar-refractivity contribution in [3.05, 3.63) is 53.5 Å². The summed E-state index contributed by atoms with van der Waals surface area (Å²) in [7, 11) is 0. The summed E-state index contributed by atoms with van der Waals surface area (Å²) in [5.74, 6) is 0.0899. The van der Waals surface area contributed by atoms with Gasteiger partial charge in [0.25, 0.3) is 5.91 Å². The molecule has 32 heavy (non-hydrogen) atoms. The molecule has 2 N–H and O–H groups in total. The maximum atomic E-state index is 12.8. The van der Waals surface area contributed by atoms with E-state index in [2.05, 4.69) is 15.4 Å². The van der Waals surface area contributed by atoms with E-state index < -0.39 is 5.60 Å². The number of Topliss-reactive ketones (excluding diaryl/α,β-unsaturated/α-hetero) is 1. The quantitative estimate of drug-likeness (QED) is 0.614. The van der Waals surface area contributed by atoms with Crippen LogP contribution in [0.4, 0.5) is 5.69 Å². The van der Waals surface area contributed by atoms with Gasteiger partial charge in [-0.25, -0.2) is 4.98 Å². The Bertz CT molecular complexity index is 1170. The summed E-state index contributed by atoms with van der Waals surface area (Å²) < 4.78 is 2.01. The van der Waals surface area contributed by atoms with Crippen LogP contribution in [0.5, 0.6) is 0 Å². The summed E-state index contributed by atoms with van der Waals surface area (Å²) in [4.78, 5) is 28.8. The van der Waals surface area contributed by atoms with Gasteiger partial charge in [0, 0.05) is 28.2 Å². The number of anilines is 1. The molecule has 0 atom stereocenters. The molecule has 1 amide bonds. The van der Waals surface area contributed by atoms with Crippen molar-refractivity contribution in [3.8, 4) is 0 Å². The molecule has 0 aliphatic heterocycles. The molecule has 0 radical (unpaired) electrons. The van der Waals surface area contributed by atoms with Crippen molar-refractivity contribution < 1.29 is 14.7 Å². The highest BCUT2D eigenvalue weighted by molar-refractivity contribution is 6.04. The fourth-order valence-electron chi connectivity index (χ4n) is 4.58. The number of pyridine rings is 1. The van der Waals surface area contributed by atoms with Crippen molar-refractivity contribution in [1.82, 2.24) is 14.8 Å². The number of ketones is 1. The van der Waals surface area contributed by atoms with Crippen LogP contribution < -0.4 is 5.32 Å². The predicted octanol–water partition coefficient (Wildman–Crippen LogP) is 4.54. The highest BCUT2D eigenvalue weighted by atomic mass is 16.3. The summed E-state index contributed by atoms with van der Waals surface area (Å²) in [6.45, 7) is 6.91. The number of carbonyl (C=O) groups is 2.